The molecule has 0 bridgehead atoms. The molecule has 6 nitrogen and oxygen atoms in total. The first-order chi connectivity index (χ1) is 14.1. The van der Waals surface area contributed by atoms with Crippen molar-refractivity contribution in [2.45, 2.75) is 19.5 Å². The highest BCUT2D eigenvalue weighted by Crippen LogP contribution is 2.22. The lowest BCUT2D eigenvalue weighted by atomic mass is 10.2. The van der Waals surface area contributed by atoms with Crippen molar-refractivity contribution in [3.05, 3.63) is 75.9 Å². The number of hydrogen-bond donors (Lipinski definition) is 0. The number of carbonyl (C=O) groups is 1. The van der Waals surface area contributed by atoms with Crippen LogP contribution in [0.3, 0.4) is 0 Å². The zero-order valence-corrected chi connectivity index (χ0v) is 17.2. The van der Waals surface area contributed by atoms with Gasteiger partial charge in [0.25, 0.3) is 5.56 Å². The van der Waals surface area contributed by atoms with E-state index in [4.69, 9.17) is 0 Å². The molecule has 1 aliphatic rings. The van der Waals surface area contributed by atoms with Gasteiger partial charge in [0, 0.05) is 38.8 Å². The van der Waals surface area contributed by atoms with Crippen LogP contribution in [0.15, 0.2) is 64.8 Å². The predicted octanol–water partition coefficient (Wildman–Crippen LogP) is 2.88. The highest BCUT2D eigenvalue weighted by molar-refractivity contribution is 7.13. The molecule has 1 saturated heterocycles. The van der Waals surface area contributed by atoms with Crippen molar-refractivity contribution < 1.29 is 4.79 Å². The average Bonchev–Trinajstić information content (AvgIpc) is 3.29. The Morgan fingerprint density at radius 3 is 2.48 bits per heavy atom. The number of nitrogens with zero attached hydrogens (tertiary/aromatic N) is 4. The van der Waals surface area contributed by atoms with Crippen LogP contribution in [0.1, 0.15) is 18.5 Å². The fourth-order valence-corrected chi connectivity index (χ4v) is 4.29. The molecule has 7 heteroatoms. The maximum atomic E-state index is 13.0. The molecule has 3 aromatic rings. The number of carbonyl (C=O) groups excluding carboxylic acids is 1. The summed E-state index contributed by atoms with van der Waals surface area (Å²) in [6.07, 6.45) is 0. The minimum atomic E-state index is -0.622. The number of benzene rings is 1. The molecule has 0 spiro atoms. The molecule has 0 radical (unpaired) electrons. The Bertz CT molecular complexity index is 1010. The van der Waals surface area contributed by atoms with Crippen LogP contribution in [0.4, 0.5) is 0 Å². The number of aromatic nitrogens is 2. The highest BCUT2D eigenvalue weighted by Gasteiger charge is 2.27. The maximum absolute atomic E-state index is 13.0. The first-order valence-corrected chi connectivity index (χ1v) is 10.7. The van der Waals surface area contributed by atoms with Crippen molar-refractivity contribution in [3.63, 3.8) is 0 Å². The molecule has 1 aromatic carbocycles. The second kappa shape index (κ2) is 8.71. The molecule has 1 fully saturated rings. The first-order valence-electron chi connectivity index (χ1n) is 9.80. The summed E-state index contributed by atoms with van der Waals surface area (Å²) in [5.41, 5.74) is 1.74. The smallest absolute Gasteiger partial charge is 0.267 e. The van der Waals surface area contributed by atoms with Crippen LogP contribution in [-0.4, -0.2) is 51.7 Å². The summed E-state index contributed by atoms with van der Waals surface area (Å²) < 4.78 is 1.31. The summed E-state index contributed by atoms with van der Waals surface area (Å²) in [7, 11) is 0. The molecule has 1 amide bonds. The number of thiophene rings is 1. The third kappa shape index (κ3) is 4.46. The van der Waals surface area contributed by atoms with E-state index < -0.39 is 6.04 Å². The van der Waals surface area contributed by atoms with Crippen molar-refractivity contribution >= 4 is 17.2 Å². The van der Waals surface area contributed by atoms with Gasteiger partial charge in [0.15, 0.2) is 0 Å². The molecular weight excluding hydrogens is 384 g/mol. The Hall–Kier alpha value is -2.77. The summed E-state index contributed by atoms with van der Waals surface area (Å²) in [6.45, 7) is 5.62. The van der Waals surface area contributed by atoms with Gasteiger partial charge < -0.3 is 4.90 Å². The van der Waals surface area contributed by atoms with Crippen LogP contribution in [0, 0.1) is 0 Å². The van der Waals surface area contributed by atoms with Crippen molar-refractivity contribution in [2.24, 2.45) is 0 Å². The van der Waals surface area contributed by atoms with Gasteiger partial charge >= 0.3 is 0 Å². The summed E-state index contributed by atoms with van der Waals surface area (Å²) in [5, 5.41) is 6.43. The molecule has 3 heterocycles. The van der Waals surface area contributed by atoms with Gasteiger partial charge in [0.2, 0.25) is 5.91 Å². The van der Waals surface area contributed by atoms with Gasteiger partial charge in [-0.1, -0.05) is 36.4 Å². The van der Waals surface area contributed by atoms with E-state index in [0.717, 1.165) is 24.5 Å². The van der Waals surface area contributed by atoms with Crippen LogP contribution in [0.25, 0.3) is 10.6 Å². The Balaban J connectivity index is 1.41. The summed E-state index contributed by atoms with van der Waals surface area (Å²) in [5.74, 6) is -0.0534. The van der Waals surface area contributed by atoms with Crippen LogP contribution >= 0.6 is 11.3 Å². The van der Waals surface area contributed by atoms with E-state index in [-0.39, 0.29) is 11.5 Å². The molecule has 0 N–H and O–H groups in total. The van der Waals surface area contributed by atoms with Gasteiger partial charge in [-0.3, -0.25) is 14.5 Å². The molecular formula is C22H24N4O2S. The van der Waals surface area contributed by atoms with Gasteiger partial charge in [-0.25, -0.2) is 4.68 Å². The third-order valence-electron chi connectivity index (χ3n) is 5.26. The van der Waals surface area contributed by atoms with E-state index in [1.807, 2.05) is 40.6 Å². The number of hydrogen-bond acceptors (Lipinski definition) is 5. The van der Waals surface area contributed by atoms with Crippen molar-refractivity contribution in [2.75, 3.05) is 26.2 Å². The molecule has 0 aliphatic carbocycles. The standard InChI is InChI=1S/C22H24N4O2S/c1-17(26-21(27)10-9-19(23-26)20-8-5-15-29-20)22(28)25-13-11-24(12-14-25)16-18-6-3-2-4-7-18/h2-10,15,17H,11-14,16H2,1H3. The van der Waals surface area contributed by atoms with E-state index >= 15 is 0 Å². The normalized spacial score (nSPS) is 16.0. The van der Waals surface area contributed by atoms with Crippen LogP contribution < -0.4 is 5.56 Å². The van der Waals surface area contributed by atoms with Crippen LogP contribution in [-0.2, 0) is 11.3 Å². The average molecular weight is 409 g/mol. The molecule has 1 unspecified atom stereocenters. The van der Waals surface area contributed by atoms with E-state index in [9.17, 15) is 9.59 Å². The summed E-state index contributed by atoms with van der Waals surface area (Å²) in [6, 6.07) is 16.8. The van der Waals surface area contributed by atoms with Gasteiger partial charge in [-0.2, -0.15) is 5.10 Å². The largest absolute Gasteiger partial charge is 0.338 e. The molecule has 4 rings (SSSR count). The Morgan fingerprint density at radius 1 is 1.03 bits per heavy atom. The number of rotatable bonds is 5. The molecule has 0 saturated carbocycles. The zero-order valence-electron chi connectivity index (χ0n) is 16.4. The Kier molecular flexibility index (Phi) is 5.87. The molecule has 2 aromatic heterocycles. The quantitative estimate of drug-likeness (QED) is 0.651. The lowest BCUT2D eigenvalue weighted by Gasteiger charge is -2.36. The van der Waals surface area contributed by atoms with E-state index in [0.29, 0.717) is 18.8 Å². The maximum Gasteiger partial charge on any atom is 0.267 e. The Labute approximate surface area is 174 Å². The fourth-order valence-electron chi connectivity index (χ4n) is 3.60. The van der Waals surface area contributed by atoms with E-state index in [1.54, 1.807) is 24.3 Å². The van der Waals surface area contributed by atoms with E-state index in [1.165, 1.54) is 16.3 Å². The zero-order chi connectivity index (χ0) is 20.2. The van der Waals surface area contributed by atoms with Gasteiger partial charge in [-0.05, 0) is 30.0 Å². The van der Waals surface area contributed by atoms with Crippen molar-refractivity contribution in [1.29, 1.82) is 0 Å². The minimum Gasteiger partial charge on any atom is -0.338 e. The van der Waals surface area contributed by atoms with Crippen LogP contribution in [0.2, 0.25) is 0 Å². The summed E-state index contributed by atoms with van der Waals surface area (Å²) >= 11 is 1.56. The first kappa shape index (κ1) is 19.5. The van der Waals surface area contributed by atoms with E-state index in [2.05, 4.69) is 22.1 Å². The van der Waals surface area contributed by atoms with Crippen LogP contribution in [0.5, 0.6) is 0 Å². The SMILES string of the molecule is CC(C(=O)N1CCN(Cc2ccccc2)CC1)n1nc(-c2cccs2)ccc1=O. The summed E-state index contributed by atoms with van der Waals surface area (Å²) in [4.78, 5) is 30.6. The number of amides is 1. The second-order valence-corrected chi connectivity index (χ2v) is 8.19. The second-order valence-electron chi connectivity index (χ2n) is 7.24. The van der Waals surface area contributed by atoms with Crippen molar-refractivity contribution in [3.8, 4) is 10.6 Å². The lowest BCUT2D eigenvalue weighted by molar-refractivity contribution is -0.136. The van der Waals surface area contributed by atoms with Gasteiger partial charge in [-0.15, -0.1) is 11.3 Å². The van der Waals surface area contributed by atoms with Crippen molar-refractivity contribution in [1.82, 2.24) is 19.6 Å². The molecule has 1 atom stereocenters. The minimum absolute atomic E-state index is 0.0534. The molecule has 29 heavy (non-hydrogen) atoms. The fraction of sp³-hybridized carbons (Fsp3) is 0.318. The van der Waals surface area contributed by atoms with Gasteiger partial charge in [0.1, 0.15) is 11.7 Å². The third-order valence-corrected chi connectivity index (χ3v) is 6.15. The topological polar surface area (TPSA) is 58.4 Å². The molecule has 1 aliphatic heterocycles. The highest BCUT2D eigenvalue weighted by atomic mass is 32.1. The monoisotopic (exact) mass is 408 g/mol. The number of piperazine rings is 1. The Morgan fingerprint density at radius 2 is 1.79 bits per heavy atom. The molecule has 150 valence electrons. The van der Waals surface area contributed by atoms with Gasteiger partial charge in [0.05, 0.1) is 4.88 Å². The lowest BCUT2D eigenvalue weighted by Crippen LogP contribution is -2.50. The predicted molar refractivity (Wildman–Crippen MR) is 115 cm³/mol.